The van der Waals surface area contributed by atoms with E-state index in [2.05, 4.69) is 21.2 Å². The van der Waals surface area contributed by atoms with Crippen LogP contribution in [0.3, 0.4) is 0 Å². The monoisotopic (exact) mass is 404 g/mol. The van der Waals surface area contributed by atoms with E-state index < -0.39 is 10.0 Å². The quantitative estimate of drug-likeness (QED) is 0.759. The zero-order chi connectivity index (χ0) is 17.8. The van der Waals surface area contributed by atoms with Gasteiger partial charge in [0, 0.05) is 10.5 Å². The van der Waals surface area contributed by atoms with Gasteiger partial charge in [-0.2, -0.15) is 0 Å². The molecule has 0 bridgehead atoms. The lowest BCUT2D eigenvalue weighted by atomic mass is 9.93. The summed E-state index contributed by atoms with van der Waals surface area (Å²) in [6.07, 6.45) is 1.10. The molecular weight excluding hydrogens is 380 g/mol. The molecule has 0 aliphatic heterocycles. The standard InChI is InChI=1S/C16H25BrN2O3S/c1-11(2)16(12(3)4)18-15(20)10-19(23(5,21)22)14-8-6-13(17)7-9-14/h6-9,11-12,16H,10H2,1-5H3,(H,18,20). The van der Waals surface area contributed by atoms with Gasteiger partial charge in [0.25, 0.3) is 0 Å². The van der Waals surface area contributed by atoms with Crippen molar-refractivity contribution in [1.29, 1.82) is 0 Å². The fourth-order valence-corrected chi connectivity index (χ4v) is 3.59. The second-order valence-corrected chi connectivity index (χ2v) is 9.15. The molecule has 1 aromatic carbocycles. The fraction of sp³-hybridized carbons (Fsp3) is 0.562. The van der Waals surface area contributed by atoms with E-state index >= 15 is 0 Å². The van der Waals surface area contributed by atoms with Gasteiger partial charge in [-0.25, -0.2) is 8.42 Å². The van der Waals surface area contributed by atoms with Crippen molar-refractivity contribution in [1.82, 2.24) is 5.32 Å². The average Bonchev–Trinajstić information content (AvgIpc) is 2.41. The molecule has 0 aromatic heterocycles. The topological polar surface area (TPSA) is 66.5 Å². The molecule has 1 N–H and O–H groups in total. The van der Waals surface area contributed by atoms with Crippen LogP contribution in [0.15, 0.2) is 28.7 Å². The number of carbonyl (C=O) groups excluding carboxylic acids is 1. The Bertz CT molecular complexity index is 619. The normalized spacial score (nSPS) is 12.0. The molecule has 0 aliphatic carbocycles. The molecule has 0 radical (unpaired) electrons. The lowest BCUT2D eigenvalue weighted by Crippen LogP contribution is -2.47. The van der Waals surface area contributed by atoms with E-state index in [1.54, 1.807) is 24.3 Å². The first-order chi connectivity index (χ1) is 10.5. The molecule has 23 heavy (non-hydrogen) atoms. The highest BCUT2D eigenvalue weighted by molar-refractivity contribution is 9.10. The molecule has 0 atom stereocenters. The van der Waals surface area contributed by atoms with Crippen LogP contribution in [0.4, 0.5) is 5.69 Å². The van der Waals surface area contributed by atoms with E-state index in [-0.39, 0.29) is 30.3 Å². The minimum atomic E-state index is -3.54. The van der Waals surface area contributed by atoms with Crippen LogP contribution in [0.25, 0.3) is 0 Å². The number of carbonyl (C=O) groups is 1. The van der Waals surface area contributed by atoms with Crippen LogP contribution in [-0.4, -0.2) is 33.2 Å². The molecule has 0 fully saturated rings. The number of benzene rings is 1. The van der Waals surface area contributed by atoms with Crippen molar-refractivity contribution in [2.45, 2.75) is 33.7 Å². The summed E-state index contributed by atoms with van der Waals surface area (Å²) in [6, 6.07) is 6.84. The van der Waals surface area contributed by atoms with Crippen molar-refractivity contribution < 1.29 is 13.2 Å². The van der Waals surface area contributed by atoms with Gasteiger partial charge in [-0.05, 0) is 36.1 Å². The predicted molar refractivity (Wildman–Crippen MR) is 97.9 cm³/mol. The third kappa shape index (κ3) is 6.14. The molecule has 1 amide bonds. The number of hydrogen-bond acceptors (Lipinski definition) is 3. The summed E-state index contributed by atoms with van der Waals surface area (Å²) in [5.41, 5.74) is 0.469. The smallest absolute Gasteiger partial charge is 0.241 e. The third-order valence-corrected chi connectivity index (χ3v) is 5.24. The first-order valence-electron chi connectivity index (χ1n) is 7.55. The zero-order valence-corrected chi connectivity index (χ0v) is 16.6. The van der Waals surface area contributed by atoms with Gasteiger partial charge in [-0.15, -0.1) is 0 Å². The lowest BCUT2D eigenvalue weighted by molar-refractivity contribution is -0.121. The Morgan fingerprint density at radius 2 is 1.61 bits per heavy atom. The summed E-state index contributed by atoms with van der Waals surface area (Å²) in [5.74, 6) is 0.252. The number of rotatable bonds is 7. The van der Waals surface area contributed by atoms with Gasteiger partial charge < -0.3 is 5.32 Å². The van der Waals surface area contributed by atoms with Crippen molar-refractivity contribution >= 4 is 37.5 Å². The number of anilines is 1. The maximum Gasteiger partial charge on any atom is 0.241 e. The summed E-state index contributed by atoms with van der Waals surface area (Å²) in [6.45, 7) is 7.92. The number of halogens is 1. The van der Waals surface area contributed by atoms with Crippen LogP contribution >= 0.6 is 15.9 Å². The Hall–Kier alpha value is -1.08. The molecule has 130 valence electrons. The number of nitrogens with zero attached hydrogens (tertiary/aromatic N) is 1. The molecule has 0 saturated heterocycles. The fourth-order valence-electron chi connectivity index (χ4n) is 2.47. The van der Waals surface area contributed by atoms with E-state index in [1.165, 1.54) is 0 Å². The second kappa shape index (κ2) is 8.15. The summed E-state index contributed by atoms with van der Waals surface area (Å²) >= 11 is 3.31. The number of nitrogens with one attached hydrogen (secondary N) is 1. The van der Waals surface area contributed by atoms with Crippen LogP contribution in [0.5, 0.6) is 0 Å². The zero-order valence-electron chi connectivity index (χ0n) is 14.2. The molecule has 0 unspecified atom stereocenters. The first kappa shape index (κ1) is 20.0. The van der Waals surface area contributed by atoms with E-state index in [4.69, 9.17) is 0 Å². The Morgan fingerprint density at radius 3 is 2.00 bits per heavy atom. The first-order valence-corrected chi connectivity index (χ1v) is 10.2. The number of hydrogen-bond donors (Lipinski definition) is 1. The molecule has 1 aromatic rings. The highest BCUT2D eigenvalue weighted by atomic mass is 79.9. The van der Waals surface area contributed by atoms with Crippen molar-refractivity contribution in [3.05, 3.63) is 28.7 Å². The van der Waals surface area contributed by atoms with Gasteiger partial charge in [-0.1, -0.05) is 43.6 Å². The minimum Gasteiger partial charge on any atom is -0.351 e. The maximum atomic E-state index is 12.3. The molecule has 7 heteroatoms. The van der Waals surface area contributed by atoms with Crippen LogP contribution in [0, 0.1) is 11.8 Å². The number of amides is 1. The van der Waals surface area contributed by atoms with Gasteiger partial charge in [-0.3, -0.25) is 9.10 Å². The predicted octanol–water partition coefficient (Wildman–Crippen LogP) is 3.01. The van der Waals surface area contributed by atoms with Gasteiger partial charge in [0.2, 0.25) is 15.9 Å². The van der Waals surface area contributed by atoms with Gasteiger partial charge in [0.05, 0.1) is 11.9 Å². The highest BCUT2D eigenvalue weighted by Crippen LogP contribution is 2.20. The summed E-state index contributed by atoms with van der Waals surface area (Å²) in [5, 5.41) is 2.95. The van der Waals surface area contributed by atoms with E-state index in [0.29, 0.717) is 5.69 Å². The van der Waals surface area contributed by atoms with E-state index in [1.807, 2.05) is 27.7 Å². The SMILES string of the molecule is CC(C)C(NC(=O)CN(c1ccc(Br)cc1)S(C)(=O)=O)C(C)C. The molecule has 0 aliphatic rings. The van der Waals surface area contributed by atoms with Crippen LogP contribution in [0.2, 0.25) is 0 Å². The van der Waals surface area contributed by atoms with Crippen LogP contribution < -0.4 is 9.62 Å². The lowest BCUT2D eigenvalue weighted by Gasteiger charge is -2.28. The highest BCUT2D eigenvalue weighted by Gasteiger charge is 2.24. The van der Waals surface area contributed by atoms with Crippen molar-refractivity contribution in [2.24, 2.45) is 11.8 Å². The van der Waals surface area contributed by atoms with Crippen molar-refractivity contribution in [3.8, 4) is 0 Å². The summed E-state index contributed by atoms with van der Waals surface area (Å²) in [7, 11) is -3.54. The Labute approximate surface area is 147 Å². The summed E-state index contributed by atoms with van der Waals surface area (Å²) < 4.78 is 26.0. The third-order valence-electron chi connectivity index (χ3n) is 3.57. The Morgan fingerprint density at radius 1 is 1.13 bits per heavy atom. The maximum absolute atomic E-state index is 12.3. The largest absolute Gasteiger partial charge is 0.351 e. The molecule has 5 nitrogen and oxygen atoms in total. The van der Waals surface area contributed by atoms with E-state index in [9.17, 15) is 13.2 Å². The molecule has 0 heterocycles. The minimum absolute atomic E-state index is 0.00817. The molecule has 0 saturated carbocycles. The molecule has 0 spiro atoms. The van der Waals surface area contributed by atoms with Crippen LogP contribution in [-0.2, 0) is 14.8 Å². The molecular formula is C16H25BrN2O3S. The number of sulfonamides is 1. The van der Waals surface area contributed by atoms with Crippen molar-refractivity contribution in [3.63, 3.8) is 0 Å². The van der Waals surface area contributed by atoms with E-state index in [0.717, 1.165) is 15.0 Å². The Kier molecular flexibility index (Phi) is 7.07. The van der Waals surface area contributed by atoms with Gasteiger partial charge in [0.1, 0.15) is 6.54 Å². The van der Waals surface area contributed by atoms with Crippen LogP contribution in [0.1, 0.15) is 27.7 Å². The van der Waals surface area contributed by atoms with Gasteiger partial charge >= 0.3 is 0 Å². The average molecular weight is 405 g/mol. The summed E-state index contributed by atoms with van der Waals surface area (Å²) in [4.78, 5) is 12.3. The van der Waals surface area contributed by atoms with Gasteiger partial charge in [0.15, 0.2) is 0 Å². The second-order valence-electron chi connectivity index (χ2n) is 6.33. The van der Waals surface area contributed by atoms with Crippen molar-refractivity contribution in [2.75, 3.05) is 17.1 Å². The molecule has 1 rings (SSSR count). The Balaban J connectivity index is 2.95.